The maximum Gasteiger partial charge on any atom is 0.296 e. The van der Waals surface area contributed by atoms with Crippen LogP contribution in [0.4, 0.5) is 0 Å². The summed E-state index contributed by atoms with van der Waals surface area (Å²) in [6.45, 7) is 6.36. The van der Waals surface area contributed by atoms with Crippen molar-refractivity contribution in [3.05, 3.63) is 41.6 Å². The summed E-state index contributed by atoms with van der Waals surface area (Å²) >= 11 is 0. The molecule has 2 heterocycles. The van der Waals surface area contributed by atoms with Crippen molar-refractivity contribution >= 4 is 11.7 Å². The predicted molar refractivity (Wildman–Crippen MR) is 72.2 cm³/mol. The van der Waals surface area contributed by atoms with Crippen molar-refractivity contribution in [3.8, 4) is 0 Å². The Labute approximate surface area is 116 Å². The Kier molecular flexibility index (Phi) is 3.74. The SMILES string of the molecule is CC(C)(C)c1cc(CNC(=O)C(=O)c2ccco2)[nH]n1. The van der Waals surface area contributed by atoms with Crippen LogP contribution < -0.4 is 5.32 Å². The van der Waals surface area contributed by atoms with Gasteiger partial charge in [0.15, 0.2) is 5.76 Å². The van der Waals surface area contributed by atoms with E-state index in [0.717, 1.165) is 11.4 Å². The van der Waals surface area contributed by atoms with E-state index in [9.17, 15) is 9.59 Å². The molecule has 0 radical (unpaired) electrons. The highest BCUT2D eigenvalue weighted by Crippen LogP contribution is 2.20. The molecule has 2 aromatic heterocycles. The summed E-state index contributed by atoms with van der Waals surface area (Å²) in [6, 6.07) is 4.89. The van der Waals surface area contributed by atoms with Crippen molar-refractivity contribution in [2.24, 2.45) is 0 Å². The van der Waals surface area contributed by atoms with Gasteiger partial charge in [-0.3, -0.25) is 14.7 Å². The molecule has 0 spiro atoms. The number of carbonyl (C=O) groups excluding carboxylic acids is 2. The lowest BCUT2D eigenvalue weighted by atomic mass is 9.92. The molecule has 0 aliphatic carbocycles. The van der Waals surface area contributed by atoms with E-state index in [0.29, 0.717) is 0 Å². The van der Waals surface area contributed by atoms with Gasteiger partial charge in [0.05, 0.1) is 24.2 Å². The summed E-state index contributed by atoms with van der Waals surface area (Å²) in [7, 11) is 0. The van der Waals surface area contributed by atoms with Crippen LogP contribution in [0.25, 0.3) is 0 Å². The van der Waals surface area contributed by atoms with Gasteiger partial charge in [-0.1, -0.05) is 20.8 Å². The molecular weight excluding hydrogens is 258 g/mol. The third-order valence-electron chi connectivity index (χ3n) is 2.79. The third kappa shape index (κ3) is 3.14. The van der Waals surface area contributed by atoms with Crippen molar-refractivity contribution in [2.75, 3.05) is 0 Å². The van der Waals surface area contributed by atoms with E-state index in [4.69, 9.17) is 4.42 Å². The summed E-state index contributed by atoms with van der Waals surface area (Å²) in [5.41, 5.74) is 1.58. The fraction of sp³-hybridized carbons (Fsp3) is 0.357. The highest BCUT2D eigenvalue weighted by molar-refractivity contribution is 6.41. The highest BCUT2D eigenvalue weighted by Gasteiger charge is 2.20. The van der Waals surface area contributed by atoms with Crippen LogP contribution >= 0.6 is 0 Å². The van der Waals surface area contributed by atoms with Crippen LogP contribution in [0.2, 0.25) is 0 Å². The number of H-pyrrole nitrogens is 1. The molecule has 0 fully saturated rings. The minimum atomic E-state index is -0.702. The Balaban J connectivity index is 1.94. The third-order valence-corrected chi connectivity index (χ3v) is 2.79. The zero-order valence-electron chi connectivity index (χ0n) is 11.7. The zero-order valence-corrected chi connectivity index (χ0v) is 11.7. The summed E-state index contributed by atoms with van der Waals surface area (Å²) < 4.78 is 4.89. The first-order valence-corrected chi connectivity index (χ1v) is 6.29. The van der Waals surface area contributed by atoms with Crippen molar-refractivity contribution in [3.63, 3.8) is 0 Å². The number of Topliss-reactive ketones (excluding diaryl/α,β-unsaturated/α-hetero) is 1. The van der Waals surface area contributed by atoms with E-state index in [-0.39, 0.29) is 17.7 Å². The van der Waals surface area contributed by atoms with Crippen LogP contribution in [0.15, 0.2) is 28.9 Å². The van der Waals surface area contributed by atoms with Gasteiger partial charge >= 0.3 is 0 Å². The maximum absolute atomic E-state index is 11.7. The molecule has 20 heavy (non-hydrogen) atoms. The van der Waals surface area contributed by atoms with Crippen LogP contribution in [0.3, 0.4) is 0 Å². The fourth-order valence-corrected chi connectivity index (χ4v) is 1.61. The zero-order chi connectivity index (χ0) is 14.8. The lowest BCUT2D eigenvalue weighted by Crippen LogP contribution is -2.30. The number of furan rings is 1. The quantitative estimate of drug-likeness (QED) is 0.658. The van der Waals surface area contributed by atoms with E-state index >= 15 is 0 Å². The normalized spacial score (nSPS) is 11.3. The van der Waals surface area contributed by atoms with Gasteiger partial charge in [-0.15, -0.1) is 0 Å². The maximum atomic E-state index is 11.7. The Morgan fingerprint density at radius 3 is 2.70 bits per heavy atom. The molecule has 106 valence electrons. The van der Waals surface area contributed by atoms with Gasteiger partial charge in [0, 0.05) is 5.41 Å². The van der Waals surface area contributed by atoms with Gasteiger partial charge in [-0.25, -0.2) is 0 Å². The van der Waals surface area contributed by atoms with Crippen molar-refractivity contribution in [2.45, 2.75) is 32.7 Å². The number of aromatic nitrogens is 2. The largest absolute Gasteiger partial charge is 0.461 e. The van der Waals surface area contributed by atoms with Crippen LogP contribution in [-0.4, -0.2) is 21.9 Å². The first-order chi connectivity index (χ1) is 9.38. The number of rotatable bonds is 4. The number of ketones is 1. The number of hydrogen-bond donors (Lipinski definition) is 2. The molecule has 1 amide bonds. The van der Waals surface area contributed by atoms with E-state index in [2.05, 4.69) is 15.5 Å². The molecule has 6 nitrogen and oxygen atoms in total. The molecule has 0 aliphatic rings. The molecule has 6 heteroatoms. The van der Waals surface area contributed by atoms with Gasteiger partial charge in [0.2, 0.25) is 0 Å². The molecule has 2 N–H and O–H groups in total. The Hall–Kier alpha value is -2.37. The molecule has 0 aromatic carbocycles. The van der Waals surface area contributed by atoms with Crippen molar-refractivity contribution < 1.29 is 14.0 Å². The average molecular weight is 275 g/mol. The summed E-state index contributed by atoms with van der Waals surface area (Å²) in [5.74, 6) is -1.36. The number of carbonyl (C=O) groups is 2. The molecular formula is C14H17N3O3. The van der Waals surface area contributed by atoms with Gasteiger partial charge in [-0.05, 0) is 18.2 Å². The van der Waals surface area contributed by atoms with Crippen LogP contribution in [0.1, 0.15) is 42.7 Å². The second kappa shape index (κ2) is 5.32. The lowest BCUT2D eigenvalue weighted by Gasteiger charge is -2.13. The van der Waals surface area contributed by atoms with E-state index < -0.39 is 11.7 Å². The molecule has 0 bridgehead atoms. The minimum absolute atomic E-state index is 0.0301. The average Bonchev–Trinajstić information content (AvgIpc) is 3.04. The summed E-state index contributed by atoms with van der Waals surface area (Å²) in [5, 5.41) is 9.55. The summed E-state index contributed by atoms with van der Waals surface area (Å²) in [6.07, 6.45) is 1.35. The summed E-state index contributed by atoms with van der Waals surface area (Å²) in [4.78, 5) is 23.3. The van der Waals surface area contributed by atoms with Crippen LogP contribution in [-0.2, 0) is 16.8 Å². The van der Waals surface area contributed by atoms with Gasteiger partial charge in [0.25, 0.3) is 11.7 Å². The first kappa shape index (κ1) is 14.0. The second-order valence-electron chi connectivity index (χ2n) is 5.52. The minimum Gasteiger partial charge on any atom is -0.461 e. The fourth-order valence-electron chi connectivity index (χ4n) is 1.61. The number of nitrogens with one attached hydrogen (secondary N) is 2. The number of amides is 1. The lowest BCUT2D eigenvalue weighted by molar-refractivity contribution is -0.117. The predicted octanol–water partition coefficient (Wildman–Crippen LogP) is 1.80. The Morgan fingerprint density at radius 2 is 2.15 bits per heavy atom. The first-order valence-electron chi connectivity index (χ1n) is 6.29. The van der Waals surface area contributed by atoms with Gasteiger partial charge in [0.1, 0.15) is 0 Å². The second-order valence-corrected chi connectivity index (χ2v) is 5.52. The van der Waals surface area contributed by atoms with Crippen molar-refractivity contribution in [1.82, 2.24) is 15.5 Å². The Morgan fingerprint density at radius 1 is 1.40 bits per heavy atom. The molecule has 2 rings (SSSR count). The van der Waals surface area contributed by atoms with E-state index in [1.54, 1.807) is 6.07 Å². The standard InChI is InChI=1S/C14H17N3O3/c1-14(2,3)11-7-9(16-17-11)8-15-13(19)12(18)10-5-4-6-20-10/h4-7H,8H2,1-3H3,(H,15,19)(H,16,17). The smallest absolute Gasteiger partial charge is 0.296 e. The molecule has 0 unspecified atom stereocenters. The molecule has 0 saturated carbocycles. The number of hydrogen-bond acceptors (Lipinski definition) is 4. The van der Waals surface area contributed by atoms with Crippen LogP contribution in [0, 0.1) is 0 Å². The van der Waals surface area contributed by atoms with E-state index in [1.807, 2.05) is 26.8 Å². The topological polar surface area (TPSA) is 88.0 Å². The number of nitrogens with zero attached hydrogens (tertiary/aromatic N) is 1. The Bertz CT molecular complexity index is 606. The molecule has 2 aromatic rings. The monoisotopic (exact) mass is 275 g/mol. The molecule has 0 atom stereocenters. The highest BCUT2D eigenvalue weighted by atomic mass is 16.3. The van der Waals surface area contributed by atoms with Crippen LogP contribution in [0.5, 0.6) is 0 Å². The van der Waals surface area contributed by atoms with Gasteiger partial charge < -0.3 is 9.73 Å². The molecule has 0 saturated heterocycles. The van der Waals surface area contributed by atoms with E-state index in [1.165, 1.54) is 12.3 Å². The number of aromatic amines is 1. The van der Waals surface area contributed by atoms with Gasteiger partial charge in [-0.2, -0.15) is 5.10 Å². The van der Waals surface area contributed by atoms with Crippen molar-refractivity contribution in [1.29, 1.82) is 0 Å². The molecule has 0 aliphatic heterocycles.